The molecule has 0 aliphatic heterocycles. The first kappa shape index (κ1) is 18.9. The molecule has 2 rings (SSSR count). The number of carboxylic acid groups (broad SMARTS) is 1. The van der Waals surface area contributed by atoms with Gasteiger partial charge in [0.1, 0.15) is 30.5 Å². The first-order valence-electron chi connectivity index (χ1n) is 7.88. The summed E-state index contributed by atoms with van der Waals surface area (Å²) in [4.78, 5) is 10.8. The van der Waals surface area contributed by atoms with Crippen molar-refractivity contribution in [2.45, 2.75) is 26.9 Å². The third-order valence-corrected chi connectivity index (χ3v) is 4.11. The molecule has 0 radical (unpaired) electrons. The smallest absolute Gasteiger partial charge is 0.344 e. The van der Waals surface area contributed by atoms with Crippen molar-refractivity contribution in [3.05, 3.63) is 52.5 Å². The maximum atomic E-state index is 10.8. The van der Waals surface area contributed by atoms with Gasteiger partial charge in [0.25, 0.3) is 0 Å². The molecule has 5 nitrogen and oxygen atoms in total. The Hall–Kier alpha value is -2.40. The molecule has 0 aliphatic rings. The lowest BCUT2D eigenvalue weighted by atomic mass is 10.1. The van der Waals surface area contributed by atoms with Crippen molar-refractivity contribution in [1.29, 1.82) is 0 Å². The van der Waals surface area contributed by atoms with Gasteiger partial charge in [0, 0.05) is 5.02 Å². The van der Waals surface area contributed by atoms with Crippen LogP contribution < -0.4 is 14.2 Å². The van der Waals surface area contributed by atoms with Crippen molar-refractivity contribution in [2.24, 2.45) is 0 Å². The standard InChI is InChI=1S/C19H21ClO5/c1-12-10-17(11-13(2)18(12)20)24-9-8-23-15-4-6-16(7-5-15)25-14(3)19(21)22/h4-7,10-11,14H,8-9H2,1-3H3,(H,21,22). The van der Waals surface area contributed by atoms with Crippen LogP contribution in [0.25, 0.3) is 0 Å². The van der Waals surface area contributed by atoms with E-state index in [1.807, 2.05) is 26.0 Å². The van der Waals surface area contributed by atoms with E-state index in [9.17, 15) is 4.79 Å². The van der Waals surface area contributed by atoms with Gasteiger partial charge in [0.2, 0.25) is 0 Å². The summed E-state index contributed by atoms with van der Waals surface area (Å²) in [5, 5.41) is 9.57. The summed E-state index contributed by atoms with van der Waals surface area (Å²) >= 11 is 6.13. The number of rotatable bonds is 8. The van der Waals surface area contributed by atoms with Crippen LogP contribution in [-0.2, 0) is 4.79 Å². The summed E-state index contributed by atoms with van der Waals surface area (Å²) in [7, 11) is 0. The van der Waals surface area contributed by atoms with Crippen molar-refractivity contribution < 1.29 is 24.1 Å². The Morgan fingerprint density at radius 3 is 2.00 bits per heavy atom. The Balaban J connectivity index is 1.79. The highest BCUT2D eigenvalue weighted by Crippen LogP contribution is 2.26. The second-order valence-corrected chi connectivity index (χ2v) is 6.02. The van der Waals surface area contributed by atoms with E-state index in [0.717, 1.165) is 21.9 Å². The fourth-order valence-electron chi connectivity index (χ4n) is 2.18. The minimum absolute atomic E-state index is 0.381. The van der Waals surface area contributed by atoms with Gasteiger partial charge in [-0.25, -0.2) is 4.79 Å². The summed E-state index contributed by atoms with van der Waals surface area (Å²) < 4.78 is 16.5. The Morgan fingerprint density at radius 2 is 1.48 bits per heavy atom. The highest BCUT2D eigenvalue weighted by molar-refractivity contribution is 6.32. The van der Waals surface area contributed by atoms with Crippen molar-refractivity contribution in [2.75, 3.05) is 13.2 Å². The number of benzene rings is 2. The molecule has 1 N–H and O–H groups in total. The van der Waals surface area contributed by atoms with E-state index in [1.54, 1.807) is 24.3 Å². The summed E-state index contributed by atoms with van der Waals surface area (Å²) in [5.41, 5.74) is 1.95. The average Bonchev–Trinajstić information content (AvgIpc) is 2.57. The molecule has 2 aromatic carbocycles. The fraction of sp³-hybridized carbons (Fsp3) is 0.316. The fourth-order valence-corrected chi connectivity index (χ4v) is 2.29. The van der Waals surface area contributed by atoms with Gasteiger partial charge in [-0.1, -0.05) is 11.6 Å². The van der Waals surface area contributed by atoms with E-state index in [0.29, 0.717) is 24.7 Å². The average molecular weight is 365 g/mol. The minimum Gasteiger partial charge on any atom is -0.490 e. The highest BCUT2D eigenvalue weighted by atomic mass is 35.5. The van der Waals surface area contributed by atoms with Gasteiger partial charge in [0.05, 0.1) is 0 Å². The molecule has 0 amide bonds. The van der Waals surface area contributed by atoms with Crippen LogP contribution in [0.15, 0.2) is 36.4 Å². The Bertz CT molecular complexity index is 704. The van der Waals surface area contributed by atoms with Crippen LogP contribution in [0, 0.1) is 13.8 Å². The van der Waals surface area contributed by atoms with Gasteiger partial charge in [-0.05, 0) is 68.3 Å². The van der Waals surface area contributed by atoms with Gasteiger partial charge in [-0.3, -0.25) is 0 Å². The largest absolute Gasteiger partial charge is 0.490 e. The van der Waals surface area contributed by atoms with Gasteiger partial charge < -0.3 is 19.3 Å². The molecule has 0 fully saturated rings. The number of aliphatic carboxylic acids is 1. The van der Waals surface area contributed by atoms with Gasteiger partial charge >= 0.3 is 5.97 Å². The van der Waals surface area contributed by atoms with Gasteiger partial charge in [0.15, 0.2) is 6.10 Å². The molecule has 134 valence electrons. The first-order valence-corrected chi connectivity index (χ1v) is 8.26. The minimum atomic E-state index is -1.01. The number of ether oxygens (including phenoxy) is 3. The molecule has 0 aliphatic carbocycles. The van der Waals surface area contributed by atoms with Crippen molar-refractivity contribution in [3.8, 4) is 17.2 Å². The topological polar surface area (TPSA) is 65.0 Å². The lowest BCUT2D eigenvalue weighted by Gasteiger charge is -2.12. The molecule has 0 aromatic heterocycles. The van der Waals surface area contributed by atoms with Gasteiger partial charge in [-0.2, -0.15) is 0 Å². The SMILES string of the molecule is Cc1cc(OCCOc2ccc(OC(C)C(=O)O)cc2)cc(C)c1Cl. The van der Waals surface area contributed by atoms with Crippen LogP contribution in [0.4, 0.5) is 0 Å². The van der Waals surface area contributed by atoms with Crippen LogP contribution >= 0.6 is 11.6 Å². The Labute approximate surface area is 152 Å². The molecule has 1 atom stereocenters. The summed E-state index contributed by atoms with van der Waals surface area (Å²) in [6, 6.07) is 10.6. The van der Waals surface area contributed by atoms with E-state index >= 15 is 0 Å². The lowest BCUT2D eigenvalue weighted by Crippen LogP contribution is -2.22. The molecular formula is C19H21ClO5. The molecule has 0 spiro atoms. The number of aryl methyl sites for hydroxylation is 2. The first-order chi connectivity index (χ1) is 11.9. The van der Waals surface area contributed by atoms with Crippen molar-refractivity contribution >= 4 is 17.6 Å². The molecule has 0 saturated carbocycles. The molecule has 0 bridgehead atoms. The van der Waals surface area contributed by atoms with Crippen LogP contribution in [0.3, 0.4) is 0 Å². The number of halogens is 1. The van der Waals surface area contributed by atoms with E-state index in [2.05, 4.69) is 0 Å². The zero-order valence-corrected chi connectivity index (χ0v) is 15.2. The van der Waals surface area contributed by atoms with Gasteiger partial charge in [-0.15, -0.1) is 0 Å². The van der Waals surface area contributed by atoms with E-state index in [-0.39, 0.29) is 0 Å². The van der Waals surface area contributed by atoms with Crippen LogP contribution in [0.2, 0.25) is 5.02 Å². The number of carboxylic acids is 1. The maximum absolute atomic E-state index is 10.8. The predicted octanol–water partition coefficient (Wildman–Crippen LogP) is 4.27. The number of hydrogen-bond acceptors (Lipinski definition) is 4. The monoisotopic (exact) mass is 364 g/mol. The van der Waals surface area contributed by atoms with E-state index < -0.39 is 12.1 Å². The van der Waals surface area contributed by atoms with E-state index in [1.165, 1.54) is 6.92 Å². The van der Waals surface area contributed by atoms with E-state index in [4.69, 9.17) is 30.9 Å². The third kappa shape index (κ3) is 5.57. The van der Waals surface area contributed by atoms with Crippen molar-refractivity contribution in [1.82, 2.24) is 0 Å². The van der Waals surface area contributed by atoms with Crippen LogP contribution in [-0.4, -0.2) is 30.4 Å². The molecule has 0 heterocycles. The lowest BCUT2D eigenvalue weighted by molar-refractivity contribution is -0.144. The molecule has 6 heteroatoms. The molecule has 25 heavy (non-hydrogen) atoms. The summed E-state index contributed by atoms with van der Waals surface area (Å²) in [6.45, 7) is 6.13. The second kappa shape index (κ2) is 8.62. The van der Waals surface area contributed by atoms with Crippen molar-refractivity contribution in [3.63, 3.8) is 0 Å². The van der Waals surface area contributed by atoms with Crippen LogP contribution in [0.1, 0.15) is 18.1 Å². The molecule has 2 aromatic rings. The highest BCUT2D eigenvalue weighted by Gasteiger charge is 2.12. The zero-order chi connectivity index (χ0) is 18.4. The normalized spacial score (nSPS) is 11.7. The summed E-state index contributed by atoms with van der Waals surface area (Å²) in [5.74, 6) is 0.882. The quantitative estimate of drug-likeness (QED) is 0.709. The zero-order valence-electron chi connectivity index (χ0n) is 14.4. The molecule has 0 saturated heterocycles. The van der Waals surface area contributed by atoms with Crippen LogP contribution in [0.5, 0.6) is 17.2 Å². The number of hydrogen-bond donors (Lipinski definition) is 1. The maximum Gasteiger partial charge on any atom is 0.344 e. The Kier molecular flexibility index (Phi) is 6.53. The Morgan fingerprint density at radius 1 is 1.00 bits per heavy atom. The second-order valence-electron chi connectivity index (χ2n) is 5.64. The number of carbonyl (C=O) groups is 1. The predicted molar refractivity (Wildman–Crippen MR) is 96.1 cm³/mol. The molecule has 1 unspecified atom stereocenters. The third-order valence-electron chi connectivity index (χ3n) is 3.52. The summed E-state index contributed by atoms with van der Waals surface area (Å²) in [6.07, 6.45) is -0.897. The molecular weight excluding hydrogens is 344 g/mol.